The van der Waals surface area contributed by atoms with Gasteiger partial charge in [-0.2, -0.15) is 0 Å². The Hall–Kier alpha value is -2.20. The van der Waals surface area contributed by atoms with Crippen LogP contribution in [0.5, 0.6) is 5.75 Å². The average molecular weight is 326 g/mol. The molecule has 4 heteroatoms. The Labute approximate surface area is 139 Å². The molecule has 1 aromatic heterocycles. The van der Waals surface area contributed by atoms with Gasteiger partial charge in [0.05, 0.1) is 18.3 Å². The molecule has 0 aliphatic rings. The summed E-state index contributed by atoms with van der Waals surface area (Å²) in [6.45, 7) is 2.73. The SMILES string of the molecule is Cc1ccc(SCCCOc2ccc3c(=O)ccoc3c2)cc1. The molecule has 0 amide bonds. The first kappa shape index (κ1) is 15.7. The molecule has 0 radical (unpaired) electrons. The van der Waals surface area contributed by atoms with E-state index in [9.17, 15) is 4.79 Å². The van der Waals surface area contributed by atoms with Crippen molar-refractivity contribution in [3.8, 4) is 5.75 Å². The Morgan fingerprint density at radius 1 is 1.09 bits per heavy atom. The van der Waals surface area contributed by atoms with Gasteiger partial charge in [0.25, 0.3) is 0 Å². The Morgan fingerprint density at radius 2 is 1.91 bits per heavy atom. The molecule has 0 saturated carbocycles. The van der Waals surface area contributed by atoms with Crippen molar-refractivity contribution in [3.05, 3.63) is 70.6 Å². The third kappa shape index (κ3) is 4.17. The molecule has 0 saturated heterocycles. The molecule has 0 unspecified atom stereocenters. The molecule has 118 valence electrons. The molecule has 2 aromatic carbocycles. The molecule has 0 aliphatic carbocycles. The van der Waals surface area contributed by atoms with Gasteiger partial charge < -0.3 is 9.15 Å². The first-order valence-corrected chi connectivity index (χ1v) is 8.55. The van der Waals surface area contributed by atoms with Crippen molar-refractivity contribution in [1.82, 2.24) is 0 Å². The summed E-state index contributed by atoms with van der Waals surface area (Å²) in [6, 6.07) is 15.3. The molecular formula is C19H18O3S. The molecule has 3 nitrogen and oxygen atoms in total. The van der Waals surface area contributed by atoms with Crippen molar-refractivity contribution < 1.29 is 9.15 Å². The van der Waals surface area contributed by atoms with Gasteiger partial charge in [0.15, 0.2) is 5.43 Å². The van der Waals surface area contributed by atoms with Gasteiger partial charge in [-0.05, 0) is 37.6 Å². The molecular weight excluding hydrogens is 308 g/mol. The fourth-order valence-corrected chi connectivity index (χ4v) is 3.05. The second-order valence-corrected chi connectivity index (χ2v) is 6.47. The number of benzene rings is 2. The van der Waals surface area contributed by atoms with Crippen LogP contribution in [0.2, 0.25) is 0 Å². The lowest BCUT2D eigenvalue weighted by atomic mass is 10.2. The first-order valence-electron chi connectivity index (χ1n) is 7.56. The number of hydrogen-bond donors (Lipinski definition) is 0. The highest BCUT2D eigenvalue weighted by Gasteiger charge is 2.02. The molecule has 0 atom stereocenters. The minimum absolute atomic E-state index is 0.0349. The maximum atomic E-state index is 11.6. The highest BCUT2D eigenvalue weighted by Crippen LogP contribution is 2.21. The lowest BCUT2D eigenvalue weighted by Crippen LogP contribution is -2.01. The van der Waals surface area contributed by atoms with Crippen molar-refractivity contribution in [1.29, 1.82) is 0 Å². The molecule has 23 heavy (non-hydrogen) atoms. The third-order valence-corrected chi connectivity index (χ3v) is 4.58. The van der Waals surface area contributed by atoms with Crippen LogP contribution in [0.1, 0.15) is 12.0 Å². The van der Waals surface area contributed by atoms with Crippen LogP contribution in [-0.4, -0.2) is 12.4 Å². The largest absolute Gasteiger partial charge is 0.493 e. The highest BCUT2D eigenvalue weighted by atomic mass is 32.2. The highest BCUT2D eigenvalue weighted by molar-refractivity contribution is 7.99. The number of thioether (sulfide) groups is 1. The Kier molecular flexibility index (Phi) is 5.03. The molecule has 0 N–H and O–H groups in total. The fourth-order valence-electron chi connectivity index (χ4n) is 2.23. The molecule has 0 bridgehead atoms. The normalized spacial score (nSPS) is 10.8. The van der Waals surface area contributed by atoms with E-state index in [4.69, 9.17) is 9.15 Å². The van der Waals surface area contributed by atoms with E-state index in [1.165, 1.54) is 22.8 Å². The maximum absolute atomic E-state index is 11.6. The minimum Gasteiger partial charge on any atom is -0.493 e. The second kappa shape index (κ2) is 7.38. The van der Waals surface area contributed by atoms with Gasteiger partial charge in [-0.15, -0.1) is 11.8 Å². The summed E-state index contributed by atoms with van der Waals surface area (Å²) in [5.74, 6) is 1.73. The number of rotatable bonds is 6. The molecule has 3 aromatic rings. The predicted molar refractivity (Wildman–Crippen MR) is 94.5 cm³/mol. The van der Waals surface area contributed by atoms with Crippen molar-refractivity contribution in [2.45, 2.75) is 18.2 Å². The molecule has 0 spiro atoms. The summed E-state index contributed by atoms with van der Waals surface area (Å²) in [5.41, 5.74) is 1.80. The number of aryl methyl sites for hydroxylation is 1. The monoisotopic (exact) mass is 326 g/mol. The van der Waals surface area contributed by atoms with Gasteiger partial charge in [0, 0.05) is 22.8 Å². The van der Waals surface area contributed by atoms with E-state index in [0.29, 0.717) is 17.6 Å². The fraction of sp³-hybridized carbons (Fsp3) is 0.211. The summed E-state index contributed by atoms with van der Waals surface area (Å²) >= 11 is 1.83. The van der Waals surface area contributed by atoms with E-state index < -0.39 is 0 Å². The van der Waals surface area contributed by atoms with Gasteiger partial charge in [-0.3, -0.25) is 4.79 Å². The van der Waals surface area contributed by atoms with Crippen LogP contribution in [0.4, 0.5) is 0 Å². The predicted octanol–water partition coefficient (Wildman–Crippen LogP) is 4.66. The molecule has 1 heterocycles. The average Bonchev–Trinajstić information content (AvgIpc) is 2.56. The van der Waals surface area contributed by atoms with E-state index in [2.05, 4.69) is 31.2 Å². The van der Waals surface area contributed by atoms with Crippen LogP contribution in [0, 0.1) is 6.92 Å². The lowest BCUT2D eigenvalue weighted by molar-refractivity contribution is 0.318. The van der Waals surface area contributed by atoms with Crippen molar-refractivity contribution >= 4 is 22.7 Å². The first-order chi connectivity index (χ1) is 11.2. The molecule has 0 aliphatic heterocycles. The number of fused-ring (bicyclic) bond motifs is 1. The van der Waals surface area contributed by atoms with Gasteiger partial charge in [0.2, 0.25) is 0 Å². The van der Waals surface area contributed by atoms with Crippen molar-refractivity contribution in [3.63, 3.8) is 0 Å². The smallest absolute Gasteiger partial charge is 0.192 e. The molecule has 0 fully saturated rings. The van der Waals surface area contributed by atoms with E-state index in [1.807, 2.05) is 17.8 Å². The third-order valence-electron chi connectivity index (χ3n) is 3.48. The van der Waals surface area contributed by atoms with Crippen LogP contribution in [0.15, 0.2) is 68.9 Å². The quantitative estimate of drug-likeness (QED) is 0.488. The minimum atomic E-state index is -0.0349. The zero-order valence-corrected chi connectivity index (χ0v) is 13.8. The zero-order valence-electron chi connectivity index (χ0n) is 13.0. The van der Waals surface area contributed by atoms with E-state index in [0.717, 1.165) is 17.9 Å². The van der Waals surface area contributed by atoms with E-state index in [-0.39, 0.29) is 5.43 Å². The Bertz CT molecular complexity index is 837. The Balaban J connectivity index is 1.49. The van der Waals surface area contributed by atoms with Crippen LogP contribution in [0.25, 0.3) is 11.0 Å². The lowest BCUT2D eigenvalue weighted by Gasteiger charge is -2.07. The summed E-state index contributed by atoms with van der Waals surface area (Å²) in [4.78, 5) is 12.9. The van der Waals surface area contributed by atoms with Crippen LogP contribution < -0.4 is 10.2 Å². The van der Waals surface area contributed by atoms with Crippen molar-refractivity contribution in [2.24, 2.45) is 0 Å². The standard InChI is InChI=1S/C19H18O3S/c1-14-3-6-16(7-4-14)23-12-2-10-21-15-5-8-17-18(20)9-11-22-19(17)13-15/h3-9,11,13H,2,10,12H2,1H3. The van der Waals surface area contributed by atoms with Crippen LogP contribution in [-0.2, 0) is 0 Å². The van der Waals surface area contributed by atoms with Gasteiger partial charge in [-0.1, -0.05) is 17.7 Å². The van der Waals surface area contributed by atoms with Crippen LogP contribution in [0.3, 0.4) is 0 Å². The summed E-state index contributed by atoms with van der Waals surface area (Å²) in [5, 5.41) is 0.578. The summed E-state index contributed by atoms with van der Waals surface area (Å²) < 4.78 is 11.1. The summed E-state index contributed by atoms with van der Waals surface area (Å²) in [7, 11) is 0. The second-order valence-electron chi connectivity index (χ2n) is 5.31. The number of ether oxygens (including phenoxy) is 1. The maximum Gasteiger partial charge on any atom is 0.192 e. The van der Waals surface area contributed by atoms with Gasteiger partial charge in [-0.25, -0.2) is 0 Å². The Morgan fingerprint density at radius 3 is 2.74 bits per heavy atom. The summed E-state index contributed by atoms with van der Waals surface area (Å²) in [6.07, 6.45) is 2.36. The van der Waals surface area contributed by atoms with E-state index >= 15 is 0 Å². The topological polar surface area (TPSA) is 39.4 Å². The van der Waals surface area contributed by atoms with Gasteiger partial charge in [0.1, 0.15) is 11.3 Å². The van der Waals surface area contributed by atoms with Crippen LogP contribution >= 0.6 is 11.8 Å². The van der Waals surface area contributed by atoms with E-state index in [1.54, 1.807) is 12.1 Å². The molecule has 3 rings (SSSR count). The zero-order chi connectivity index (χ0) is 16.1. The van der Waals surface area contributed by atoms with Crippen molar-refractivity contribution in [2.75, 3.05) is 12.4 Å². The van der Waals surface area contributed by atoms with Gasteiger partial charge >= 0.3 is 0 Å². The number of hydrogen-bond acceptors (Lipinski definition) is 4.